The molecule has 106 valence electrons. The van der Waals surface area contributed by atoms with Crippen LogP contribution in [0.2, 0.25) is 0 Å². The second-order valence-electron chi connectivity index (χ2n) is 4.89. The summed E-state index contributed by atoms with van der Waals surface area (Å²) in [7, 11) is 0. The lowest BCUT2D eigenvalue weighted by atomic mass is 10.1. The summed E-state index contributed by atoms with van der Waals surface area (Å²) in [6, 6.07) is 17.2. The van der Waals surface area contributed by atoms with Gasteiger partial charge in [0.1, 0.15) is 0 Å². The van der Waals surface area contributed by atoms with Gasteiger partial charge in [-0.25, -0.2) is 0 Å². The van der Waals surface area contributed by atoms with E-state index in [2.05, 4.69) is 0 Å². The molecule has 1 aromatic heterocycles. The van der Waals surface area contributed by atoms with Crippen molar-refractivity contribution < 1.29 is 17.7 Å². The van der Waals surface area contributed by atoms with Crippen molar-refractivity contribution in [1.29, 1.82) is 0 Å². The molecule has 0 aliphatic heterocycles. The molecule has 0 aliphatic carbocycles. The maximum atomic E-state index is 12.5. The van der Waals surface area contributed by atoms with Gasteiger partial charge in [0, 0.05) is 23.1 Å². The molecule has 0 fully saturated rings. The predicted octanol–water partition coefficient (Wildman–Crippen LogP) is 4.19. The standard InChI is InChI=1S/C17H13F3N/c18-17(19,20)15-9-7-13(8-10-15)12-21-11-3-5-14-4-1-2-6-16(14)21/h1-11H,12H2/q+1. The van der Waals surface area contributed by atoms with E-state index < -0.39 is 11.7 Å². The fraction of sp³-hybridized carbons (Fsp3) is 0.118. The van der Waals surface area contributed by atoms with Crippen LogP contribution >= 0.6 is 0 Å². The number of rotatable bonds is 2. The lowest BCUT2D eigenvalue weighted by Gasteiger charge is -2.07. The molecule has 0 aliphatic rings. The smallest absolute Gasteiger partial charge is 0.194 e. The summed E-state index contributed by atoms with van der Waals surface area (Å²) in [5, 5.41) is 1.10. The molecule has 0 radical (unpaired) electrons. The number of halogens is 3. The molecule has 21 heavy (non-hydrogen) atoms. The molecule has 0 spiro atoms. The first-order valence-corrected chi connectivity index (χ1v) is 6.57. The maximum Gasteiger partial charge on any atom is 0.416 e. The van der Waals surface area contributed by atoms with Gasteiger partial charge in [-0.15, -0.1) is 0 Å². The van der Waals surface area contributed by atoms with Gasteiger partial charge in [-0.1, -0.05) is 24.3 Å². The zero-order valence-electron chi connectivity index (χ0n) is 11.1. The maximum absolute atomic E-state index is 12.5. The van der Waals surface area contributed by atoms with Crippen molar-refractivity contribution in [2.75, 3.05) is 0 Å². The van der Waals surface area contributed by atoms with Gasteiger partial charge in [0.05, 0.1) is 5.56 Å². The molecule has 4 heteroatoms. The number of pyridine rings is 1. The Hall–Kier alpha value is -2.36. The third kappa shape index (κ3) is 2.89. The van der Waals surface area contributed by atoms with Crippen molar-refractivity contribution in [2.45, 2.75) is 12.7 Å². The predicted molar refractivity (Wildman–Crippen MR) is 74.7 cm³/mol. The minimum Gasteiger partial charge on any atom is -0.194 e. The van der Waals surface area contributed by atoms with Gasteiger partial charge in [-0.2, -0.15) is 17.7 Å². The molecule has 1 nitrogen and oxygen atoms in total. The van der Waals surface area contributed by atoms with Crippen LogP contribution in [0.25, 0.3) is 10.9 Å². The zero-order chi connectivity index (χ0) is 14.9. The molecule has 0 bridgehead atoms. The Kier molecular flexibility index (Phi) is 3.37. The molecule has 0 saturated carbocycles. The number of aromatic nitrogens is 1. The Bertz CT molecular complexity index is 756. The monoisotopic (exact) mass is 288 g/mol. The first-order chi connectivity index (χ1) is 10.0. The van der Waals surface area contributed by atoms with Crippen molar-refractivity contribution in [3.05, 3.63) is 78.0 Å². The third-order valence-electron chi connectivity index (χ3n) is 3.42. The Morgan fingerprint density at radius 3 is 2.19 bits per heavy atom. The number of fused-ring (bicyclic) bond motifs is 1. The van der Waals surface area contributed by atoms with Crippen molar-refractivity contribution in [2.24, 2.45) is 0 Å². The quantitative estimate of drug-likeness (QED) is 0.622. The van der Waals surface area contributed by atoms with Crippen LogP contribution in [0.4, 0.5) is 13.2 Å². The fourth-order valence-corrected chi connectivity index (χ4v) is 2.35. The number of nitrogens with zero attached hydrogens (tertiary/aromatic N) is 1. The SMILES string of the molecule is FC(F)(F)c1ccc(C[n+]2cccc3ccccc32)cc1. The lowest BCUT2D eigenvalue weighted by Crippen LogP contribution is -2.34. The van der Waals surface area contributed by atoms with E-state index in [1.54, 1.807) is 0 Å². The van der Waals surface area contributed by atoms with Gasteiger partial charge in [0.25, 0.3) is 0 Å². The summed E-state index contributed by atoms with van der Waals surface area (Å²) in [4.78, 5) is 0. The van der Waals surface area contributed by atoms with Crippen LogP contribution in [-0.2, 0) is 12.7 Å². The second-order valence-corrected chi connectivity index (χ2v) is 4.89. The summed E-state index contributed by atoms with van der Waals surface area (Å²) in [5.41, 5.74) is 1.28. The molecule has 0 amide bonds. The summed E-state index contributed by atoms with van der Waals surface area (Å²) in [5.74, 6) is 0. The van der Waals surface area contributed by atoms with Gasteiger partial charge in [-0.3, -0.25) is 0 Å². The van der Waals surface area contributed by atoms with Gasteiger partial charge < -0.3 is 0 Å². The largest absolute Gasteiger partial charge is 0.416 e. The van der Waals surface area contributed by atoms with Crippen LogP contribution in [0.3, 0.4) is 0 Å². The first kappa shape index (κ1) is 13.6. The molecular weight excluding hydrogens is 275 g/mol. The minimum absolute atomic E-state index is 0.541. The normalized spacial score (nSPS) is 11.8. The van der Waals surface area contributed by atoms with Gasteiger partial charge in [-0.05, 0) is 24.3 Å². The second kappa shape index (κ2) is 5.20. The summed E-state index contributed by atoms with van der Waals surface area (Å²) in [6.07, 6.45) is -2.36. The van der Waals surface area contributed by atoms with Gasteiger partial charge in [0.2, 0.25) is 5.52 Å². The highest BCUT2D eigenvalue weighted by Crippen LogP contribution is 2.29. The number of hydrogen-bond donors (Lipinski definition) is 0. The summed E-state index contributed by atoms with van der Waals surface area (Å²) < 4.78 is 39.7. The summed E-state index contributed by atoms with van der Waals surface area (Å²) >= 11 is 0. The first-order valence-electron chi connectivity index (χ1n) is 6.57. The Morgan fingerprint density at radius 1 is 0.810 bits per heavy atom. The van der Waals surface area contributed by atoms with E-state index in [0.717, 1.165) is 28.6 Å². The van der Waals surface area contributed by atoms with Crippen molar-refractivity contribution in [3.8, 4) is 0 Å². The van der Waals surface area contributed by atoms with Crippen LogP contribution in [0, 0.1) is 0 Å². The van der Waals surface area contributed by atoms with Crippen molar-refractivity contribution >= 4 is 10.9 Å². The number of benzene rings is 2. The molecule has 2 aromatic carbocycles. The highest BCUT2D eigenvalue weighted by atomic mass is 19.4. The van der Waals surface area contributed by atoms with Gasteiger partial charge >= 0.3 is 6.18 Å². The van der Waals surface area contributed by atoms with E-state index >= 15 is 0 Å². The summed E-state index contributed by atoms with van der Waals surface area (Å²) in [6.45, 7) is 0.541. The van der Waals surface area contributed by atoms with Crippen LogP contribution in [0.15, 0.2) is 66.9 Å². The highest BCUT2D eigenvalue weighted by Gasteiger charge is 2.30. The van der Waals surface area contributed by atoms with Crippen molar-refractivity contribution in [3.63, 3.8) is 0 Å². The molecule has 0 N–H and O–H groups in total. The van der Waals surface area contributed by atoms with E-state index in [4.69, 9.17) is 0 Å². The molecule has 3 rings (SSSR count). The number of alkyl halides is 3. The van der Waals surface area contributed by atoms with E-state index in [0.29, 0.717) is 6.54 Å². The van der Waals surface area contributed by atoms with E-state index in [9.17, 15) is 13.2 Å². The lowest BCUT2D eigenvalue weighted by molar-refractivity contribution is -0.662. The molecule has 0 unspecified atom stereocenters. The van der Waals surface area contributed by atoms with E-state index in [-0.39, 0.29) is 0 Å². The number of para-hydroxylation sites is 1. The Labute approximate surface area is 120 Å². The highest BCUT2D eigenvalue weighted by molar-refractivity contribution is 5.74. The van der Waals surface area contributed by atoms with Crippen molar-refractivity contribution in [1.82, 2.24) is 0 Å². The Morgan fingerprint density at radius 2 is 1.48 bits per heavy atom. The van der Waals surface area contributed by atoms with E-state index in [1.807, 2.05) is 47.2 Å². The molecule has 1 heterocycles. The molecular formula is C17H13F3N+. The zero-order valence-corrected chi connectivity index (χ0v) is 11.1. The van der Waals surface area contributed by atoms with Gasteiger partial charge in [0.15, 0.2) is 12.7 Å². The van der Waals surface area contributed by atoms with Crippen LogP contribution in [0.5, 0.6) is 0 Å². The average Bonchev–Trinajstić information content (AvgIpc) is 2.47. The third-order valence-corrected chi connectivity index (χ3v) is 3.42. The Balaban J connectivity index is 1.92. The molecule has 0 saturated heterocycles. The minimum atomic E-state index is -4.29. The average molecular weight is 288 g/mol. The van der Waals surface area contributed by atoms with Crippen LogP contribution in [-0.4, -0.2) is 0 Å². The van der Waals surface area contributed by atoms with Crippen LogP contribution < -0.4 is 4.57 Å². The number of hydrogen-bond acceptors (Lipinski definition) is 0. The van der Waals surface area contributed by atoms with Crippen LogP contribution in [0.1, 0.15) is 11.1 Å². The molecule has 3 aromatic rings. The topological polar surface area (TPSA) is 3.88 Å². The molecule has 0 atom stereocenters. The fourth-order valence-electron chi connectivity index (χ4n) is 2.35. The van der Waals surface area contributed by atoms with E-state index in [1.165, 1.54) is 12.1 Å².